The summed E-state index contributed by atoms with van der Waals surface area (Å²) in [4.78, 5) is 4.24. The molecule has 3 aliphatic carbocycles. The second kappa shape index (κ2) is 4.72. The Morgan fingerprint density at radius 3 is 2.77 bits per heavy atom. The molecule has 0 N–H and O–H groups in total. The van der Waals surface area contributed by atoms with E-state index in [1.165, 1.54) is 31.4 Å². The van der Waals surface area contributed by atoms with Crippen molar-refractivity contribution in [3.63, 3.8) is 0 Å². The molecule has 4 rings (SSSR count). The second-order valence-corrected chi connectivity index (χ2v) is 8.18. The third-order valence-electron chi connectivity index (χ3n) is 7.17. The van der Waals surface area contributed by atoms with E-state index in [1.54, 1.807) is 0 Å². The van der Waals surface area contributed by atoms with Crippen molar-refractivity contribution in [2.75, 3.05) is 0 Å². The van der Waals surface area contributed by atoms with Gasteiger partial charge in [0.1, 0.15) is 0 Å². The molecule has 0 spiro atoms. The maximum absolute atomic E-state index is 6.67. The lowest BCUT2D eigenvalue weighted by Gasteiger charge is -2.57. The van der Waals surface area contributed by atoms with Gasteiger partial charge in [-0.15, -0.1) is 0 Å². The zero-order valence-electron chi connectivity index (χ0n) is 13.7. The van der Waals surface area contributed by atoms with Crippen LogP contribution in [0, 0.1) is 48.3 Å². The molecule has 0 amide bonds. The van der Waals surface area contributed by atoms with Crippen LogP contribution in [0.3, 0.4) is 0 Å². The van der Waals surface area contributed by atoms with Crippen molar-refractivity contribution in [1.29, 1.82) is 0 Å². The molecule has 2 saturated carbocycles. The summed E-state index contributed by atoms with van der Waals surface area (Å²) in [5.74, 6) is 2.15. The summed E-state index contributed by atoms with van der Waals surface area (Å²) in [6.07, 6.45) is 14.2. The van der Waals surface area contributed by atoms with Gasteiger partial charge in [0.2, 0.25) is 0 Å². The maximum atomic E-state index is 6.67. The lowest BCUT2D eigenvalue weighted by Crippen LogP contribution is -2.50. The minimum atomic E-state index is -0.206. The van der Waals surface area contributed by atoms with E-state index in [0.29, 0.717) is 17.8 Å². The SMILES string of the molecule is [CH][C@@H]1CC[C@@H]2[C@H](CC[C@]3(C)C(n4ccnc4)=CC[C@@H]23)[C@]1([CH])C. The number of hydrogen-bond donors (Lipinski definition) is 0. The Hall–Kier alpha value is -1.05. The molecule has 0 aromatic carbocycles. The Bertz CT molecular complexity index is 583. The second-order valence-electron chi connectivity index (χ2n) is 8.18. The molecule has 1 heterocycles. The molecule has 4 radical (unpaired) electrons. The average Bonchev–Trinajstić information content (AvgIpc) is 3.09. The fraction of sp³-hybridized carbons (Fsp3) is 0.650. The average molecular weight is 294 g/mol. The maximum Gasteiger partial charge on any atom is 0.0989 e. The van der Waals surface area contributed by atoms with Crippen molar-refractivity contribution in [3.8, 4) is 0 Å². The van der Waals surface area contributed by atoms with E-state index < -0.39 is 0 Å². The number of rotatable bonds is 1. The first-order chi connectivity index (χ1) is 10.4. The minimum Gasteiger partial charge on any atom is -0.310 e. The molecule has 1 aromatic heterocycles. The summed E-state index contributed by atoms with van der Waals surface area (Å²) in [6.45, 7) is 17.7. The van der Waals surface area contributed by atoms with Crippen molar-refractivity contribution in [2.45, 2.75) is 46.0 Å². The Morgan fingerprint density at radius 1 is 1.23 bits per heavy atom. The van der Waals surface area contributed by atoms with E-state index in [2.05, 4.69) is 35.7 Å². The van der Waals surface area contributed by atoms with Crippen LogP contribution in [0.1, 0.15) is 46.0 Å². The summed E-state index contributed by atoms with van der Waals surface area (Å²) in [5.41, 5.74) is 1.50. The fourth-order valence-corrected chi connectivity index (χ4v) is 5.77. The molecule has 116 valence electrons. The smallest absolute Gasteiger partial charge is 0.0989 e. The molecule has 0 unspecified atom stereocenters. The molecule has 22 heavy (non-hydrogen) atoms. The van der Waals surface area contributed by atoms with Crippen LogP contribution < -0.4 is 0 Å². The lowest BCUT2D eigenvalue weighted by atomic mass is 9.48. The van der Waals surface area contributed by atoms with E-state index in [4.69, 9.17) is 13.8 Å². The van der Waals surface area contributed by atoms with E-state index >= 15 is 0 Å². The molecule has 0 bridgehead atoms. The summed E-state index contributed by atoms with van der Waals surface area (Å²) < 4.78 is 2.22. The van der Waals surface area contributed by atoms with E-state index in [-0.39, 0.29) is 16.7 Å². The Morgan fingerprint density at radius 2 is 2.05 bits per heavy atom. The minimum absolute atomic E-state index is 0.153. The number of imidazole rings is 1. The molecule has 0 aliphatic heterocycles. The molecule has 6 atom stereocenters. The highest BCUT2D eigenvalue weighted by molar-refractivity contribution is 5.56. The van der Waals surface area contributed by atoms with Gasteiger partial charge in [-0.05, 0) is 75.0 Å². The summed E-state index contributed by atoms with van der Waals surface area (Å²) in [6, 6.07) is 0. The molecular weight excluding hydrogens is 268 g/mol. The molecule has 2 nitrogen and oxygen atoms in total. The van der Waals surface area contributed by atoms with E-state index in [1.807, 2.05) is 12.5 Å². The number of aromatic nitrogens is 2. The van der Waals surface area contributed by atoms with Gasteiger partial charge in [0.15, 0.2) is 0 Å². The number of nitrogens with zero attached hydrogens (tertiary/aromatic N) is 2. The Balaban J connectivity index is 1.66. The van der Waals surface area contributed by atoms with Crippen molar-refractivity contribution < 1.29 is 0 Å². The summed E-state index contributed by atoms with van der Waals surface area (Å²) in [5, 5.41) is 0. The van der Waals surface area contributed by atoms with Gasteiger partial charge in [-0.2, -0.15) is 0 Å². The van der Waals surface area contributed by atoms with Crippen LogP contribution in [-0.2, 0) is 0 Å². The van der Waals surface area contributed by atoms with Gasteiger partial charge in [0, 0.05) is 23.5 Å². The van der Waals surface area contributed by atoms with Gasteiger partial charge in [-0.3, -0.25) is 0 Å². The van der Waals surface area contributed by atoms with Crippen LogP contribution in [0.4, 0.5) is 0 Å². The van der Waals surface area contributed by atoms with Crippen molar-refractivity contribution in [2.24, 2.45) is 34.5 Å². The summed E-state index contributed by atoms with van der Waals surface area (Å²) >= 11 is 0. The highest BCUT2D eigenvalue weighted by Gasteiger charge is 2.56. The highest BCUT2D eigenvalue weighted by Crippen LogP contribution is 2.64. The van der Waals surface area contributed by atoms with Crippen LogP contribution in [0.2, 0.25) is 0 Å². The molecule has 2 heteroatoms. The van der Waals surface area contributed by atoms with Crippen LogP contribution in [-0.4, -0.2) is 9.55 Å². The van der Waals surface area contributed by atoms with Crippen LogP contribution in [0.15, 0.2) is 24.8 Å². The first-order valence-corrected chi connectivity index (χ1v) is 8.68. The van der Waals surface area contributed by atoms with Crippen molar-refractivity contribution >= 4 is 5.70 Å². The molecule has 2 fully saturated rings. The van der Waals surface area contributed by atoms with Crippen LogP contribution >= 0.6 is 0 Å². The number of allylic oxidation sites excluding steroid dienone is 2. The highest BCUT2D eigenvalue weighted by atomic mass is 15.1. The van der Waals surface area contributed by atoms with Gasteiger partial charge >= 0.3 is 0 Å². The Labute approximate surface area is 135 Å². The zero-order chi connectivity index (χ0) is 15.5. The molecular formula is C20H26N2. The molecule has 0 saturated heterocycles. The van der Waals surface area contributed by atoms with Gasteiger partial charge in [0.05, 0.1) is 6.33 Å². The first-order valence-electron chi connectivity index (χ1n) is 8.68. The molecule has 3 aliphatic rings. The van der Waals surface area contributed by atoms with Gasteiger partial charge < -0.3 is 4.57 Å². The largest absolute Gasteiger partial charge is 0.310 e. The van der Waals surface area contributed by atoms with Gasteiger partial charge in [-0.1, -0.05) is 19.9 Å². The summed E-state index contributed by atoms with van der Waals surface area (Å²) in [7, 11) is 0. The number of hydrogen-bond acceptors (Lipinski definition) is 1. The molecule has 1 aromatic rings. The topological polar surface area (TPSA) is 17.8 Å². The van der Waals surface area contributed by atoms with Gasteiger partial charge in [-0.25, -0.2) is 4.98 Å². The number of fused-ring (bicyclic) bond motifs is 3. The Kier molecular flexibility index (Phi) is 3.12. The predicted octanol–water partition coefficient (Wildman–Crippen LogP) is 4.61. The van der Waals surface area contributed by atoms with E-state index in [0.717, 1.165) is 6.42 Å². The zero-order valence-corrected chi connectivity index (χ0v) is 13.7. The van der Waals surface area contributed by atoms with Gasteiger partial charge in [0.25, 0.3) is 0 Å². The van der Waals surface area contributed by atoms with Crippen LogP contribution in [0.5, 0.6) is 0 Å². The third kappa shape index (κ3) is 1.82. The normalized spacial score (nSPS) is 43.4. The first kappa shape index (κ1) is 14.5. The predicted molar refractivity (Wildman–Crippen MR) is 88.4 cm³/mol. The van der Waals surface area contributed by atoms with E-state index in [9.17, 15) is 0 Å². The quantitative estimate of drug-likeness (QED) is 0.739. The monoisotopic (exact) mass is 294 g/mol. The fourth-order valence-electron chi connectivity index (χ4n) is 5.77. The van der Waals surface area contributed by atoms with Crippen LogP contribution in [0.25, 0.3) is 5.70 Å². The standard InChI is InChI=1S/C20H26N2/c1-14-5-6-15-16(19(14,2)3)9-10-20(4)17(15)7-8-18(20)22-12-11-21-13-22/h1-2,8,11-17H,5-7,9-10H2,3-4H3/t14-,15-,16+,17+,19-,20+/m1/s1. The lowest BCUT2D eigenvalue weighted by molar-refractivity contribution is -0.0443. The van der Waals surface area contributed by atoms with Crippen molar-refractivity contribution in [1.82, 2.24) is 9.55 Å². The third-order valence-corrected chi connectivity index (χ3v) is 7.17. The van der Waals surface area contributed by atoms with Crippen molar-refractivity contribution in [3.05, 3.63) is 38.6 Å².